The zero-order valence-electron chi connectivity index (χ0n) is 16.0. The SMILES string of the molecule is COc1ccccc1NCC(=O)Nc1c(C)nn(-c2ccc(C)cc2)c1C. The van der Waals surface area contributed by atoms with Crippen LogP contribution < -0.4 is 15.4 Å². The number of rotatable bonds is 6. The van der Waals surface area contributed by atoms with E-state index in [4.69, 9.17) is 4.74 Å². The van der Waals surface area contributed by atoms with Gasteiger partial charge in [0.2, 0.25) is 5.91 Å². The van der Waals surface area contributed by atoms with Crippen LogP contribution in [0.2, 0.25) is 0 Å². The van der Waals surface area contributed by atoms with Crippen LogP contribution >= 0.6 is 0 Å². The number of hydrogen-bond acceptors (Lipinski definition) is 4. The fourth-order valence-corrected chi connectivity index (χ4v) is 2.91. The van der Waals surface area contributed by atoms with Gasteiger partial charge in [0.05, 0.1) is 42.1 Å². The second-order valence-electron chi connectivity index (χ2n) is 6.40. The third-order valence-corrected chi connectivity index (χ3v) is 4.38. The first kappa shape index (κ1) is 18.5. The van der Waals surface area contributed by atoms with Gasteiger partial charge in [-0.25, -0.2) is 4.68 Å². The Morgan fingerprint density at radius 2 is 1.78 bits per heavy atom. The zero-order valence-corrected chi connectivity index (χ0v) is 16.0. The topological polar surface area (TPSA) is 68.2 Å². The summed E-state index contributed by atoms with van der Waals surface area (Å²) in [6, 6.07) is 15.6. The zero-order chi connectivity index (χ0) is 19.4. The number of carbonyl (C=O) groups excluding carboxylic acids is 1. The fraction of sp³-hybridized carbons (Fsp3) is 0.238. The van der Waals surface area contributed by atoms with Crippen LogP contribution in [0.3, 0.4) is 0 Å². The van der Waals surface area contributed by atoms with Gasteiger partial charge in [0.15, 0.2) is 0 Å². The summed E-state index contributed by atoms with van der Waals surface area (Å²) < 4.78 is 7.13. The van der Waals surface area contributed by atoms with Crippen molar-refractivity contribution in [2.24, 2.45) is 0 Å². The molecule has 3 aromatic rings. The molecular formula is C21H24N4O2. The van der Waals surface area contributed by atoms with Crippen molar-refractivity contribution < 1.29 is 9.53 Å². The van der Waals surface area contributed by atoms with Gasteiger partial charge in [0.1, 0.15) is 5.75 Å². The molecule has 0 aliphatic carbocycles. The van der Waals surface area contributed by atoms with Crippen LogP contribution in [0, 0.1) is 20.8 Å². The molecule has 140 valence electrons. The molecule has 27 heavy (non-hydrogen) atoms. The van der Waals surface area contributed by atoms with Crippen molar-refractivity contribution in [2.45, 2.75) is 20.8 Å². The predicted molar refractivity (Wildman–Crippen MR) is 108 cm³/mol. The number of amides is 1. The molecule has 0 fully saturated rings. The van der Waals surface area contributed by atoms with Crippen molar-refractivity contribution in [1.82, 2.24) is 9.78 Å². The Morgan fingerprint density at radius 1 is 1.07 bits per heavy atom. The van der Waals surface area contributed by atoms with Gasteiger partial charge in [-0.05, 0) is 45.0 Å². The lowest BCUT2D eigenvalue weighted by molar-refractivity contribution is -0.114. The Morgan fingerprint density at radius 3 is 2.48 bits per heavy atom. The molecule has 1 heterocycles. The number of ether oxygens (including phenoxy) is 1. The van der Waals surface area contributed by atoms with Crippen molar-refractivity contribution in [2.75, 3.05) is 24.3 Å². The fourth-order valence-electron chi connectivity index (χ4n) is 2.91. The molecule has 0 bridgehead atoms. The van der Waals surface area contributed by atoms with Crippen LogP contribution in [0.1, 0.15) is 17.0 Å². The molecule has 1 amide bonds. The number of benzene rings is 2. The number of nitrogens with one attached hydrogen (secondary N) is 2. The smallest absolute Gasteiger partial charge is 0.243 e. The normalized spacial score (nSPS) is 10.5. The van der Waals surface area contributed by atoms with Crippen LogP contribution in [-0.4, -0.2) is 29.3 Å². The second kappa shape index (κ2) is 7.95. The van der Waals surface area contributed by atoms with E-state index in [9.17, 15) is 4.79 Å². The average molecular weight is 364 g/mol. The van der Waals surface area contributed by atoms with Crippen molar-refractivity contribution in [3.8, 4) is 11.4 Å². The van der Waals surface area contributed by atoms with E-state index in [0.29, 0.717) is 5.75 Å². The highest BCUT2D eigenvalue weighted by Crippen LogP contribution is 2.24. The molecule has 6 nitrogen and oxygen atoms in total. The Balaban J connectivity index is 1.72. The molecule has 2 aromatic carbocycles. The van der Waals surface area contributed by atoms with Gasteiger partial charge in [-0.3, -0.25) is 4.79 Å². The summed E-state index contributed by atoms with van der Waals surface area (Å²) in [5.74, 6) is 0.556. The maximum absolute atomic E-state index is 12.4. The van der Waals surface area contributed by atoms with E-state index in [0.717, 1.165) is 28.5 Å². The van der Waals surface area contributed by atoms with E-state index in [-0.39, 0.29) is 12.5 Å². The van der Waals surface area contributed by atoms with E-state index in [2.05, 4.69) is 15.7 Å². The first-order valence-electron chi connectivity index (χ1n) is 8.79. The number of hydrogen-bond donors (Lipinski definition) is 2. The number of carbonyl (C=O) groups is 1. The molecule has 0 saturated heterocycles. The van der Waals surface area contributed by atoms with Gasteiger partial charge >= 0.3 is 0 Å². The van der Waals surface area contributed by atoms with E-state index in [1.807, 2.05) is 74.0 Å². The molecule has 0 radical (unpaired) electrons. The van der Waals surface area contributed by atoms with Crippen molar-refractivity contribution in [3.05, 3.63) is 65.5 Å². The highest BCUT2D eigenvalue weighted by molar-refractivity contribution is 5.95. The second-order valence-corrected chi connectivity index (χ2v) is 6.40. The third-order valence-electron chi connectivity index (χ3n) is 4.38. The summed E-state index contributed by atoms with van der Waals surface area (Å²) in [5.41, 5.74) is 5.34. The summed E-state index contributed by atoms with van der Waals surface area (Å²) in [7, 11) is 1.60. The quantitative estimate of drug-likeness (QED) is 0.697. The molecule has 0 saturated carbocycles. The molecule has 0 atom stereocenters. The first-order chi connectivity index (χ1) is 13.0. The molecule has 3 rings (SSSR count). The van der Waals surface area contributed by atoms with Gasteiger partial charge in [-0.15, -0.1) is 0 Å². The Labute approximate surface area is 159 Å². The number of anilines is 2. The summed E-state index contributed by atoms with van der Waals surface area (Å²) in [6.07, 6.45) is 0. The van der Waals surface area contributed by atoms with E-state index < -0.39 is 0 Å². The minimum absolute atomic E-state index is 0.134. The molecule has 6 heteroatoms. The van der Waals surface area contributed by atoms with Crippen molar-refractivity contribution >= 4 is 17.3 Å². The standard InChI is InChI=1S/C21H24N4O2/c1-14-9-11-17(12-10-14)25-16(3)21(15(2)24-25)23-20(26)13-22-18-7-5-6-8-19(18)27-4/h5-12,22H,13H2,1-4H3,(H,23,26). The molecule has 0 unspecified atom stereocenters. The largest absolute Gasteiger partial charge is 0.495 e. The van der Waals surface area contributed by atoms with Crippen LogP contribution in [0.25, 0.3) is 5.69 Å². The summed E-state index contributed by atoms with van der Waals surface area (Å²) in [4.78, 5) is 12.4. The minimum Gasteiger partial charge on any atom is -0.495 e. The molecule has 0 aliphatic heterocycles. The van der Waals surface area contributed by atoms with Gasteiger partial charge in [0.25, 0.3) is 0 Å². The van der Waals surface area contributed by atoms with Gasteiger partial charge < -0.3 is 15.4 Å². The number of methoxy groups -OCH3 is 1. The third kappa shape index (κ3) is 4.11. The highest BCUT2D eigenvalue weighted by atomic mass is 16.5. The molecule has 0 spiro atoms. The van der Waals surface area contributed by atoms with Crippen LogP contribution in [-0.2, 0) is 4.79 Å². The molecule has 0 aliphatic rings. The summed E-state index contributed by atoms with van der Waals surface area (Å²) in [6.45, 7) is 6.02. The summed E-state index contributed by atoms with van der Waals surface area (Å²) in [5, 5.41) is 10.6. The van der Waals surface area contributed by atoms with E-state index in [1.54, 1.807) is 7.11 Å². The number of nitrogens with zero attached hydrogens (tertiary/aromatic N) is 2. The van der Waals surface area contributed by atoms with Gasteiger partial charge in [0, 0.05) is 0 Å². The van der Waals surface area contributed by atoms with Gasteiger partial charge in [-0.1, -0.05) is 29.8 Å². The monoisotopic (exact) mass is 364 g/mol. The Kier molecular flexibility index (Phi) is 5.45. The molecular weight excluding hydrogens is 340 g/mol. The minimum atomic E-state index is -0.143. The van der Waals surface area contributed by atoms with E-state index >= 15 is 0 Å². The van der Waals surface area contributed by atoms with Crippen molar-refractivity contribution in [1.29, 1.82) is 0 Å². The number of para-hydroxylation sites is 2. The maximum atomic E-state index is 12.4. The Bertz CT molecular complexity index is 945. The molecule has 1 aromatic heterocycles. The van der Waals surface area contributed by atoms with Gasteiger partial charge in [-0.2, -0.15) is 5.10 Å². The van der Waals surface area contributed by atoms with Crippen LogP contribution in [0.15, 0.2) is 48.5 Å². The highest BCUT2D eigenvalue weighted by Gasteiger charge is 2.15. The summed E-state index contributed by atoms with van der Waals surface area (Å²) >= 11 is 0. The predicted octanol–water partition coefficient (Wildman–Crippen LogP) is 3.86. The lowest BCUT2D eigenvalue weighted by Gasteiger charge is -2.11. The lowest BCUT2D eigenvalue weighted by atomic mass is 10.2. The maximum Gasteiger partial charge on any atom is 0.243 e. The number of aryl methyl sites for hydroxylation is 2. The van der Waals surface area contributed by atoms with Crippen molar-refractivity contribution in [3.63, 3.8) is 0 Å². The first-order valence-corrected chi connectivity index (χ1v) is 8.79. The van der Waals surface area contributed by atoms with Crippen LogP contribution in [0.5, 0.6) is 5.75 Å². The van der Waals surface area contributed by atoms with Crippen LogP contribution in [0.4, 0.5) is 11.4 Å². The average Bonchev–Trinajstić information content (AvgIpc) is 2.95. The van der Waals surface area contributed by atoms with E-state index in [1.165, 1.54) is 5.56 Å². The number of aromatic nitrogens is 2. The molecule has 2 N–H and O–H groups in total. The Hall–Kier alpha value is -3.28. The lowest BCUT2D eigenvalue weighted by Crippen LogP contribution is -2.22.